The van der Waals surface area contributed by atoms with Gasteiger partial charge in [-0.1, -0.05) is 5.57 Å². The van der Waals surface area contributed by atoms with Gasteiger partial charge in [0.1, 0.15) is 0 Å². The van der Waals surface area contributed by atoms with Crippen LogP contribution in [-0.4, -0.2) is 60.4 Å². The second kappa shape index (κ2) is 10.7. The van der Waals surface area contributed by atoms with Gasteiger partial charge < -0.3 is 24.8 Å². The van der Waals surface area contributed by atoms with E-state index in [2.05, 4.69) is 0 Å². The molecule has 0 aliphatic rings. The van der Waals surface area contributed by atoms with Crippen LogP contribution >= 0.6 is 0 Å². The lowest BCUT2D eigenvalue weighted by Gasteiger charge is -2.30. The maximum absolute atomic E-state index is 12.1. The minimum atomic E-state index is -0.975. The van der Waals surface area contributed by atoms with Gasteiger partial charge in [0.05, 0.1) is 38.1 Å². The Labute approximate surface area is 132 Å². The molecule has 0 fully saturated rings. The van der Waals surface area contributed by atoms with Gasteiger partial charge in [-0.2, -0.15) is 0 Å². The van der Waals surface area contributed by atoms with E-state index in [1.165, 1.54) is 0 Å². The molecule has 1 atom stereocenters. The quantitative estimate of drug-likeness (QED) is 0.389. The number of hydrogen-bond donors (Lipinski definition) is 3. The van der Waals surface area contributed by atoms with Crippen LogP contribution in [0.25, 0.3) is 0 Å². The highest BCUT2D eigenvalue weighted by Gasteiger charge is 2.31. The fraction of sp³-hybridized carbons (Fsp3) is 0.812. The second-order valence-corrected chi connectivity index (χ2v) is 5.59. The van der Waals surface area contributed by atoms with Crippen molar-refractivity contribution in [3.05, 3.63) is 11.1 Å². The molecule has 6 nitrogen and oxygen atoms in total. The van der Waals surface area contributed by atoms with Crippen molar-refractivity contribution in [3.63, 3.8) is 0 Å². The summed E-state index contributed by atoms with van der Waals surface area (Å²) in [5.74, 6) is -0.413. The number of allylic oxidation sites excluding steroid dienone is 1. The zero-order chi connectivity index (χ0) is 17.2. The summed E-state index contributed by atoms with van der Waals surface area (Å²) in [6, 6.07) is 0. The lowest BCUT2D eigenvalue weighted by molar-refractivity contribution is -0.140. The van der Waals surface area contributed by atoms with E-state index >= 15 is 0 Å². The van der Waals surface area contributed by atoms with Crippen LogP contribution in [0.3, 0.4) is 0 Å². The lowest BCUT2D eigenvalue weighted by atomic mass is 9.83. The highest BCUT2D eigenvalue weighted by Crippen LogP contribution is 2.27. The minimum absolute atomic E-state index is 0.280. The van der Waals surface area contributed by atoms with E-state index in [1.54, 1.807) is 6.92 Å². The fourth-order valence-corrected chi connectivity index (χ4v) is 2.20. The van der Waals surface area contributed by atoms with Gasteiger partial charge in [0.2, 0.25) is 0 Å². The molecule has 0 amide bonds. The molecular weight excluding hydrogens is 288 g/mol. The molecular formula is C16H30O6. The van der Waals surface area contributed by atoms with Crippen LogP contribution < -0.4 is 0 Å². The van der Waals surface area contributed by atoms with Crippen molar-refractivity contribution in [1.82, 2.24) is 0 Å². The first kappa shape index (κ1) is 21.0. The van der Waals surface area contributed by atoms with Crippen LogP contribution in [0.4, 0.5) is 0 Å². The zero-order valence-electron chi connectivity index (χ0n) is 14.1. The van der Waals surface area contributed by atoms with Crippen molar-refractivity contribution < 1.29 is 29.6 Å². The summed E-state index contributed by atoms with van der Waals surface area (Å²) in [6.45, 7) is 6.91. The van der Waals surface area contributed by atoms with Crippen LogP contribution in [0.15, 0.2) is 11.1 Å². The SMILES string of the molecule is CCOC(=O)C(=C(C)C)C(CCC(CO)(CO)CO)OCC. The van der Waals surface area contributed by atoms with Gasteiger partial charge in [0, 0.05) is 12.0 Å². The number of aliphatic hydroxyl groups is 3. The van der Waals surface area contributed by atoms with Gasteiger partial charge in [-0.3, -0.25) is 0 Å². The maximum Gasteiger partial charge on any atom is 0.336 e. The molecule has 0 aliphatic carbocycles. The van der Waals surface area contributed by atoms with E-state index in [-0.39, 0.29) is 26.4 Å². The van der Waals surface area contributed by atoms with E-state index in [0.29, 0.717) is 25.0 Å². The van der Waals surface area contributed by atoms with Crippen LogP contribution in [0.1, 0.15) is 40.5 Å². The smallest absolute Gasteiger partial charge is 0.336 e. The number of esters is 1. The molecule has 6 heteroatoms. The molecule has 0 radical (unpaired) electrons. The summed E-state index contributed by atoms with van der Waals surface area (Å²) in [5.41, 5.74) is 0.294. The summed E-state index contributed by atoms with van der Waals surface area (Å²) in [4.78, 5) is 12.1. The molecule has 0 bridgehead atoms. The van der Waals surface area contributed by atoms with E-state index in [9.17, 15) is 20.1 Å². The molecule has 0 saturated heterocycles. The Morgan fingerprint density at radius 3 is 1.95 bits per heavy atom. The van der Waals surface area contributed by atoms with Crippen molar-refractivity contribution in [2.24, 2.45) is 5.41 Å². The van der Waals surface area contributed by atoms with E-state index in [0.717, 1.165) is 5.57 Å². The highest BCUT2D eigenvalue weighted by atomic mass is 16.5. The van der Waals surface area contributed by atoms with Crippen LogP contribution in [0.5, 0.6) is 0 Å². The molecule has 22 heavy (non-hydrogen) atoms. The average Bonchev–Trinajstić information content (AvgIpc) is 2.49. The summed E-state index contributed by atoms with van der Waals surface area (Å²) in [6.07, 6.45) is 0.240. The van der Waals surface area contributed by atoms with Gasteiger partial charge in [-0.25, -0.2) is 4.79 Å². The Hall–Kier alpha value is -0.950. The van der Waals surface area contributed by atoms with Gasteiger partial charge >= 0.3 is 5.97 Å². The molecule has 0 rings (SSSR count). The normalized spacial score (nSPS) is 12.9. The highest BCUT2D eigenvalue weighted by molar-refractivity contribution is 5.90. The predicted molar refractivity (Wildman–Crippen MR) is 83.3 cm³/mol. The maximum atomic E-state index is 12.1. The number of aliphatic hydroxyl groups excluding tert-OH is 3. The van der Waals surface area contributed by atoms with E-state index < -0.39 is 17.5 Å². The molecule has 0 aliphatic heterocycles. The molecule has 1 unspecified atom stereocenters. The summed E-state index contributed by atoms with van der Waals surface area (Å²) in [5, 5.41) is 28.2. The van der Waals surface area contributed by atoms with Gasteiger partial charge in [0.15, 0.2) is 0 Å². The standard InChI is InChI=1S/C16H30O6/c1-5-21-13(7-8-16(9-17,10-18)11-19)14(12(3)4)15(20)22-6-2/h13,17-19H,5-11H2,1-4H3. The number of rotatable bonds is 11. The largest absolute Gasteiger partial charge is 0.463 e. The molecule has 0 heterocycles. The Morgan fingerprint density at radius 2 is 1.59 bits per heavy atom. The van der Waals surface area contributed by atoms with Crippen molar-refractivity contribution in [3.8, 4) is 0 Å². The third-order valence-electron chi connectivity index (χ3n) is 3.67. The Morgan fingerprint density at radius 1 is 1.05 bits per heavy atom. The van der Waals surface area contributed by atoms with Crippen LogP contribution in [0, 0.1) is 5.41 Å². The minimum Gasteiger partial charge on any atom is -0.463 e. The monoisotopic (exact) mass is 318 g/mol. The molecule has 0 aromatic carbocycles. The van der Waals surface area contributed by atoms with Gasteiger partial charge in [-0.05, 0) is 40.5 Å². The first-order valence-corrected chi connectivity index (χ1v) is 7.70. The number of ether oxygens (including phenoxy) is 2. The summed E-state index contributed by atoms with van der Waals surface area (Å²) < 4.78 is 10.7. The average molecular weight is 318 g/mol. The van der Waals surface area contributed by atoms with E-state index in [1.807, 2.05) is 20.8 Å². The summed E-state index contributed by atoms with van der Waals surface area (Å²) >= 11 is 0. The Kier molecular flexibility index (Phi) is 10.3. The first-order valence-electron chi connectivity index (χ1n) is 7.70. The zero-order valence-corrected chi connectivity index (χ0v) is 14.1. The van der Waals surface area contributed by atoms with Crippen molar-refractivity contribution in [1.29, 1.82) is 0 Å². The third kappa shape index (κ3) is 6.04. The number of carbonyl (C=O) groups is 1. The van der Waals surface area contributed by atoms with Crippen molar-refractivity contribution in [2.75, 3.05) is 33.0 Å². The number of hydrogen-bond acceptors (Lipinski definition) is 6. The molecule has 0 saturated carbocycles. The van der Waals surface area contributed by atoms with Crippen LogP contribution in [-0.2, 0) is 14.3 Å². The first-order chi connectivity index (χ1) is 10.4. The molecule has 130 valence electrons. The fourth-order valence-electron chi connectivity index (χ4n) is 2.20. The van der Waals surface area contributed by atoms with E-state index in [4.69, 9.17) is 9.47 Å². The van der Waals surface area contributed by atoms with Crippen molar-refractivity contribution >= 4 is 5.97 Å². The summed E-state index contributed by atoms with van der Waals surface area (Å²) in [7, 11) is 0. The molecule has 0 aromatic rings. The second-order valence-electron chi connectivity index (χ2n) is 5.59. The van der Waals surface area contributed by atoms with Gasteiger partial charge in [0.25, 0.3) is 0 Å². The lowest BCUT2D eigenvalue weighted by Crippen LogP contribution is -2.36. The number of carbonyl (C=O) groups excluding carboxylic acids is 1. The van der Waals surface area contributed by atoms with Crippen molar-refractivity contribution in [2.45, 2.75) is 46.6 Å². The predicted octanol–water partition coefficient (Wildman–Crippen LogP) is 1.03. The Bertz CT molecular complexity index is 347. The molecule has 0 spiro atoms. The third-order valence-corrected chi connectivity index (χ3v) is 3.67. The Balaban J connectivity index is 5.19. The van der Waals surface area contributed by atoms with Gasteiger partial charge in [-0.15, -0.1) is 0 Å². The topological polar surface area (TPSA) is 96.2 Å². The molecule has 0 aromatic heterocycles. The van der Waals surface area contributed by atoms with Crippen LogP contribution in [0.2, 0.25) is 0 Å². The molecule has 3 N–H and O–H groups in total.